The summed E-state index contributed by atoms with van der Waals surface area (Å²) in [5.41, 5.74) is 0. The summed E-state index contributed by atoms with van der Waals surface area (Å²) < 4.78 is 4.96. The number of nitrogens with one attached hydrogen (secondary N) is 1. The molecule has 0 fully saturated rings. The van der Waals surface area contributed by atoms with E-state index in [0.29, 0.717) is 18.9 Å². The largest absolute Gasteiger partial charge is 0.384 e. The number of amides is 1. The van der Waals surface area contributed by atoms with Crippen LogP contribution in [0.15, 0.2) is 0 Å². The van der Waals surface area contributed by atoms with Crippen LogP contribution in [0.4, 0.5) is 0 Å². The van der Waals surface area contributed by atoms with Crippen molar-refractivity contribution in [2.45, 2.75) is 39.7 Å². The molecule has 0 saturated carbocycles. The first-order valence-corrected chi connectivity index (χ1v) is 4.88. The highest BCUT2D eigenvalue weighted by Crippen LogP contribution is 2.02. The van der Waals surface area contributed by atoms with E-state index in [1.54, 1.807) is 7.11 Å². The lowest BCUT2D eigenvalue weighted by Crippen LogP contribution is -2.33. The summed E-state index contributed by atoms with van der Waals surface area (Å²) in [5, 5.41) is 2.92. The van der Waals surface area contributed by atoms with E-state index < -0.39 is 0 Å². The summed E-state index contributed by atoms with van der Waals surface area (Å²) >= 11 is 0. The molecule has 3 heteroatoms. The van der Waals surface area contributed by atoms with E-state index in [9.17, 15) is 4.79 Å². The molecule has 78 valence electrons. The van der Waals surface area contributed by atoms with Crippen LogP contribution in [0.5, 0.6) is 0 Å². The Bertz CT molecular complexity index is 148. The van der Waals surface area contributed by atoms with Gasteiger partial charge in [0.1, 0.15) is 0 Å². The molecule has 0 bridgehead atoms. The van der Waals surface area contributed by atoms with Crippen LogP contribution in [-0.4, -0.2) is 25.7 Å². The highest BCUT2D eigenvalue weighted by atomic mass is 16.5. The van der Waals surface area contributed by atoms with E-state index in [0.717, 1.165) is 6.42 Å². The van der Waals surface area contributed by atoms with Gasteiger partial charge in [0.15, 0.2) is 0 Å². The zero-order valence-corrected chi connectivity index (χ0v) is 9.09. The van der Waals surface area contributed by atoms with Crippen LogP contribution in [0.2, 0.25) is 0 Å². The third kappa shape index (κ3) is 6.58. The second kappa shape index (κ2) is 6.89. The standard InChI is InChI=1S/C10H21NO2/c1-5-9(3)11-10(12)6-8(2)7-13-4/h8-9H,5-7H2,1-4H3,(H,11,12). The van der Waals surface area contributed by atoms with Crippen molar-refractivity contribution in [2.24, 2.45) is 5.92 Å². The summed E-state index contributed by atoms with van der Waals surface area (Å²) in [6.45, 7) is 6.73. The van der Waals surface area contributed by atoms with Gasteiger partial charge in [-0.2, -0.15) is 0 Å². The summed E-state index contributed by atoms with van der Waals surface area (Å²) in [6, 6.07) is 0.280. The zero-order valence-electron chi connectivity index (χ0n) is 9.09. The quantitative estimate of drug-likeness (QED) is 0.685. The van der Waals surface area contributed by atoms with Gasteiger partial charge in [-0.05, 0) is 19.3 Å². The molecule has 0 aliphatic rings. The fourth-order valence-corrected chi connectivity index (χ4v) is 1.10. The molecule has 0 heterocycles. The van der Waals surface area contributed by atoms with Gasteiger partial charge in [0.05, 0.1) is 0 Å². The van der Waals surface area contributed by atoms with E-state index in [-0.39, 0.29) is 11.9 Å². The van der Waals surface area contributed by atoms with Crippen molar-refractivity contribution in [3.63, 3.8) is 0 Å². The molecular formula is C10H21NO2. The second-order valence-corrected chi connectivity index (χ2v) is 3.64. The van der Waals surface area contributed by atoms with E-state index >= 15 is 0 Å². The number of carbonyl (C=O) groups is 1. The van der Waals surface area contributed by atoms with Crippen molar-refractivity contribution < 1.29 is 9.53 Å². The molecule has 2 unspecified atom stereocenters. The first-order chi connectivity index (χ1) is 6.10. The van der Waals surface area contributed by atoms with Crippen LogP contribution in [0.1, 0.15) is 33.6 Å². The average Bonchev–Trinajstić information content (AvgIpc) is 2.04. The Kier molecular flexibility index (Phi) is 6.59. The van der Waals surface area contributed by atoms with Crippen LogP contribution in [0.3, 0.4) is 0 Å². The maximum absolute atomic E-state index is 11.3. The Morgan fingerprint density at radius 1 is 1.46 bits per heavy atom. The first kappa shape index (κ1) is 12.4. The van der Waals surface area contributed by atoms with Crippen molar-refractivity contribution in [1.29, 1.82) is 0 Å². The molecule has 0 spiro atoms. The number of hydrogen-bond donors (Lipinski definition) is 1. The summed E-state index contributed by atoms with van der Waals surface area (Å²) in [6.07, 6.45) is 1.53. The van der Waals surface area contributed by atoms with Gasteiger partial charge in [-0.25, -0.2) is 0 Å². The highest BCUT2D eigenvalue weighted by molar-refractivity contribution is 5.76. The van der Waals surface area contributed by atoms with Gasteiger partial charge in [-0.3, -0.25) is 4.79 Å². The number of carbonyl (C=O) groups excluding carboxylic acids is 1. The third-order valence-electron chi connectivity index (χ3n) is 2.00. The minimum atomic E-state index is 0.124. The Balaban J connectivity index is 3.61. The van der Waals surface area contributed by atoms with E-state index in [2.05, 4.69) is 12.2 Å². The minimum Gasteiger partial charge on any atom is -0.384 e. The molecule has 0 aliphatic heterocycles. The van der Waals surface area contributed by atoms with Gasteiger partial charge >= 0.3 is 0 Å². The molecule has 13 heavy (non-hydrogen) atoms. The van der Waals surface area contributed by atoms with Crippen molar-refractivity contribution in [1.82, 2.24) is 5.32 Å². The van der Waals surface area contributed by atoms with Crippen molar-refractivity contribution >= 4 is 5.91 Å². The predicted molar refractivity (Wildman–Crippen MR) is 53.6 cm³/mol. The molecule has 0 aromatic rings. The Morgan fingerprint density at radius 3 is 2.54 bits per heavy atom. The van der Waals surface area contributed by atoms with Gasteiger partial charge in [-0.1, -0.05) is 13.8 Å². The lowest BCUT2D eigenvalue weighted by atomic mass is 10.1. The topological polar surface area (TPSA) is 38.3 Å². The van der Waals surface area contributed by atoms with Crippen molar-refractivity contribution in [3.05, 3.63) is 0 Å². The molecular weight excluding hydrogens is 166 g/mol. The molecule has 1 amide bonds. The molecule has 0 radical (unpaired) electrons. The molecule has 0 saturated heterocycles. The lowest BCUT2D eigenvalue weighted by Gasteiger charge is -2.14. The Labute approximate surface area is 80.8 Å². The molecule has 2 atom stereocenters. The number of rotatable bonds is 6. The molecule has 0 aromatic carbocycles. The van der Waals surface area contributed by atoms with Gasteiger partial charge < -0.3 is 10.1 Å². The van der Waals surface area contributed by atoms with Crippen molar-refractivity contribution in [3.8, 4) is 0 Å². The predicted octanol–water partition coefficient (Wildman–Crippen LogP) is 1.57. The average molecular weight is 187 g/mol. The maximum atomic E-state index is 11.3. The zero-order chi connectivity index (χ0) is 10.3. The molecule has 0 rings (SSSR count). The van der Waals surface area contributed by atoms with Gasteiger partial charge in [0.2, 0.25) is 5.91 Å². The number of methoxy groups -OCH3 is 1. The fourth-order valence-electron chi connectivity index (χ4n) is 1.10. The van der Waals surface area contributed by atoms with Crippen LogP contribution in [0.25, 0.3) is 0 Å². The SMILES string of the molecule is CCC(C)NC(=O)CC(C)COC. The normalized spacial score (nSPS) is 15.1. The van der Waals surface area contributed by atoms with Crippen LogP contribution >= 0.6 is 0 Å². The van der Waals surface area contributed by atoms with Gasteiger partial charge in [-0.15, -0.1) is 0 Å². The molecule has 3 nitrogen and oxygen atoms in total. The van der Waals surface area contributed by atoms with Crippen LogP contribution in [0, 0.1) is 5.92 Å². The summed E-state index contributed by atoms with van der Waals surface area (Å²) in [4.78, 5) is 11.3. The number of ether oxygens (including phenoxy) is 1. The smallest absolute Gasteiger partial charge is 0.220 e. The lowest BCUT2D eigenvalue weighted by molar-refractivity contribution is -0.122. The van der Waals surface area contributed by atoms with Gasteiger partial charge in [0, 0.05) is 26.2 Å². The Morgan fingerprint density at radius 2 is 2.08 bits per heavy atom. The Hall–Kier alpha value is -0.570. The monoisotopic (exact) mass is 187 g/mol. The van der Waals surface area contributed by atoms with E-state index in [4.69, 9.17) is 4.74 Å². The molecule has 0 aromatic heterocycles. The maximum Gasteiger partial charge on any atom is 0.220 e. The summed E-state index contributed by atoms with van der Waals surface area (Å²) in [7, 11) is 1.66. The van der Waals surface area contributed by atoms with Gasteiger partial charge in [0.25, 0.3) is 0 Å². The summed E-state index contributed by atoms with van der Waals surface area (Å²) in [5.74, 6) is 0.424. The second-order valence-electron chi connectivity index (χ2n) is 3.64. The highest BCUT2D eigenvalue weighted by Gasteiger charge is 2.10. The van der Waals surface area contributed by atoms with Crippen LogP contribution < -0.4 is 5.32 Å². The van der Waals surface area contributed by atoms with E-state index in [1.165, 1.54) is 0 Å². The third-order valence-corrected chi connectivity index (χ3v) is 2.00. The fraction of sp³-hybridized carbons (Fsp3) is 0.900. The van der Waals surface area contributed by atoms with Crippen LogP contribution in [-0.2, 0) is 9.53 Å². The number of hydrogen-bond acceptors (Lipinski definition) is 2. The minimum absolute atomic E-state index is 0.124. The van der Waals surface area contributed by atoms with Crippen molar-refractivity contribution in [2.75, 3.05) is 13.7 Å². The molecule has 0 aliphatic carbocycles. The van der Waals surface area contributed by atoms with E-state index in [1.807, 2.05) is 13.8 Å². The molecule has 1 N–H and O–H groups in total. The first-order valence-electron chi connectivity index (χ1n) is 4.88.